The summed E-state index contributed by atoms with van der Waals surface area (Å²) in [5.74, 6) is 0. The lowest BCUT2D eigenvalue weighted by atomic mass is 10.3. The summed E-state index contributed by atoms with van der Waals surface area (Å²) in [6, 6.07) is 5.44. The van der Waals surface area contributed by atoms with Crippen molar-refractivity contribution in [3.8, 4) is 0 Å². The van der Waals surface area contributed by atoms with Crippen molar-refractivity contribution in [3.05, 3.63) is 27.1 Å². The van der Waals surface area contributed by atoms with Crippen LogP contribution in [0.15, 0.2) is 27.1 Å². The van der Waals surface area contributed by atoms with Gasteiger partial charge in [0.15, 0.2) is 0 Å². The van der Waals surface area contributed by atoms with Gasteiger partial charge in [0.05, 0.1) is 5.69 Å². The average molecular weight is 350 g/mol. The Hall–Kier alpha value is -0.550. The molecular formula is C11H14Br2N2O. The molecule has 0 saturated carbocycles. The van der Waals surface area contributed by atoms with Gasteiger partial charge in [-0.3, -0.25) is 0 Å². The third-order valence-electron chi connectivity index (χ3n) is 2.00. The van der Waals surface area contributed by atoms with Crippen molar-refractivity contribution in [1.29, 1.82) is 0 Å². The molecule has 0 bridgehead atoms. The number of rotatable bonds is 4. The molecule has 1 aromatic carbocycles. The van der Waals surface area contributed by atoms with Crippen LogP contribution in [0.3, 0.4) is 0 Å². The van der Waals surface area contributed by atoms with E-state index in [9.17, 15) is 4.79 Å². The first-order valence-corrected chi connectivity index (χ1v) is 6.72. The number of urea groups is 1. The van der Waals surface area contributed by atoms with Gasteiger partial charge in [0.1, 0.15) is 0 Å². The van der Waals surface area contributed by atoms with Gasteiger partial charge in [-0.05, 0) is 40.5 Å². The van der Waals surface area contributed by atoms with E-state index >= 15 is 0 Å². The Labute approximate surface area is 112 Å². The van der Waals surface area contributed by atoms with Gasteiger partial charge in [-0.2, -0.15) is 0 Å². The third kappa shape index (κ3) is 4.53. The van der Waals surface area contributed by atoms with Gasteiger partial charge in [0.2, 0.25) is 0 Å². The molecule has 0 aliphatic heterocycles. The molecule has 88 valence electrons. The van der Waals surface area contributed by atoms with Crippen LogP contribution < -0.4 is 10.6 Å². The molecule has 5 heteroatoms. The van der Waals surface area contributed by atoms with Gasteiger partial charge in [0, 0.05) is 15.5 Å². The maximum atomic E-state index is 11.5. The predicted octanol–water partition coefficient (Wildman–Crippen LogP) is 4.13. The van der Waals surface area contributed by atoms with E-state index in [2.05, 4.69) is 49.4 Å². The van der Waals surface area contributed by atoms with E-state index in [0.717, 1.165) is 27.5 Å². The maximum absolute atomic E-state index is 11.5. The Morgan fingerprint density at radius 1 is 1.38 bits per heavy atom. The van der Waals surface area contributed by atoms with Crippen LogP contribution in [0.2, 0.25) is 0 Å². The number of unbranched alkanes of at least 4 members (excludes halogenated alkanes) is 1. The van der Waals surface area contributed by atoms with Crippen molar-refractivity contribution in [1.82, 2.24) is 5.32 Å². The van der Waals surface area contributed by atoms with Crippen LogP contribution >= 0.6 is 31.9 Å². The summed E-state index contributed by atoms with van der Waals surface area (Å²) in [7, 11) is 0. The van der Waals surface area contributed by atoms with Crippen LogP contribution in [0.4, 0.5) is 10.5 Å². The molecule has 0 radical (unpaired) electrons. The first-order chi connectivity index (χ1) is 7.63. The first kappa shape index (κ1) is 13.5. The summed E-state index contributed by atoms with van der Waals surface area (Å²) in [6.07, 6.45) is 2.07. The number of hydrogen-bond donors (Lipinski definition) is 2. The third-order valence-corrected chi connectivity index (χ3v) is 3.14. The average Bonchev–Trinajstić information content (AvgIpc) is 2.23. The van der Waals surface area contributed by atoms with Crippen LogP contribution in [0, 0.1) is 0 Å². The van der Waals surface area contributed by atoms with Gasteiger partial charge in [-0.15, -0.1) is 0 Å². The minimum atomic E-state index is -0.170. The number of hydrogen-bond acceptors (Lipinski definition) is 1. The standard InChI is InChI=1S/C11H14Br2N2O/c1-2-3-6-14-11(16)15-10-5-4-8(12)7-9(10)13/h4-5,7H,2-3,6H2,1H3,(H2,14,15,16). The smallest absolute Gasteiger partial charge is 0.319 e. The fourth-order valence-corrected chi connectivity index (χ4v) is 2.28. The number of amides is 2. The molecule has 0 aromatic heterocycles. The Morgan fingerprint density at radius 2 is 2.12 bits per heavy atom. The van der Waals surface area contributed by atoms with E-state index < -0.39 is 0 Å². The van der Waals surface area contributed by atoms with Crippen LogP contribution in [0.5, 0.6) is 0 Å². The molecule has 0 heterocycles. The Kier molecular flexibility index (Phi) is 5.84. The lowest BCUT2D eigenvalue weighted by Crippen LogP contribution is -2.29. The highest BCUT2D eigenvalue weighted by molar-refractivity contribution is 9.11. The van der Waals surface area contributed by atoms with Crippen LogP contribution in [-0.2, 0) is 0 Å². The minimum Gasteiger partial charge on any atom is -0.338 e. The SMILES string of the molecule is CCCCNC(=O)Nc1ccc(Br)cc1Br. The number of nitrogens with one attached hydrogen (secondary N) is 2. The second-order valence-electron chi connectivity index (χ2n) is 3.36. The zero-order chi connectivity index (χ0) is 12.0. The second kappa shape index (κ2) is 6.91. The summed E-state index contributed by atoms with van der Waals surface area (Å²) in [5, 5.41) is 5.57. The van der Waals surface area contributed by atoms with E-state index in [1.165, 1.54) is 0 Å². The van der Waals surface area contributed by atoms with Gasteiger partial charge in [-0.25, -0.2) is 4.79 Å². The summed E-state index contributed by atoms with van der Waals surface area (Å²) >= 11 is 6.74. The van der Waals surface area contributed by atoms with Crippen molar-refractivity contribution < 1.29 is 4.79 Å². The number of anilines is 1. The fraction of sp³-hybridized carbons (Fsp3) is 0.364. The quantitative estimate of drug-likeness (QED) is 0.788. The van der Waals surface area contributed by atoms with Gasteiger partial charge in [0.25, 0.3) is 0 Å². The highest BCUT2D eigenvalue weighted by Crippen LogP contribution is 2.25. The molecule has 0 spiro atoms. The van der Waals surface area contributed by atoms with Crippen molar-refractivity contribution in [3.63, 3.8) is 0 Å². The summed E-state index contributed by atoms with van der Waals surface area (Å²) in [4.78, 5) is 11.5. The van der Waals surface area contributed by atoms with Gasteiger partial charge in [-0.1, -0.05) is 29.3 Å². The number of benzene rings is 1. The fourth-order valence-electron chi connectivity index (χ4n) is 1.14. The van der Waals surface area contributed by atoms with Gasteiger partial charge >= 0.3 is 6.03 Å². The summed E-state index contributed by atoms with van der Waals surface area (Å²) in [5.41, 5.74) is 0.761. The normalized spacial score (nSPS) is 9.94. The van der Waals surface area contributed by atoms with Crippen molar-refractivity contribution >= 4 is 43.6 Å². The molecule has 0 fully saturated rings. The van der Waals surface area contributed by atoms with Crippen molar-refractivity contribution in [2.24, 2.45) is 0 Å². The van der Waals surface area contributed by atoms with Gasteiger partial charge < -0.3 is 10.6 Å². The Bertz CT molecular complexity index is 369. The molecule has 1 rings (SSSR count). The predicted molar refractivity (Wildman–Crippen MR) is 73.8 cm³/mol. The molecule has 0 saturated heterocycles. The highest BCUT2D eigenvalue weighted by Gasteiger charge is 2.04. The molecule has 0 aliphatic rings. The molecule has 16 heavy (non-hydrogen) atoms. The Morgan fingerprint density at radius 3 is 2.75 bits per heavy atom. The highest BCUT2D eigenvalue weighted by atomic mass is 79.9. The largest absolute Gasteiger partial charge is 0.338 e. The molecular weight excluding hydrogens is 336 g/mol. The van der Waals surface area contributed by atoms with Crippen LogP contribution in [-0.4, -0.2) is 12.6 Å². The van der Waals surface area contributed by atoms with Crippen molar-refractivity contribution in [2.45, 2.75) is 19.8 Å². The molecule has 0 aliphatic carbocycles. The van der Waals surface area contributed by atoms with Crippen LogP contribution in [0.25, 0.3) is 0 Å². The lowest BCUT2D eigenvalue weighted by Gasteiger charge is -2.08. The monoisotopic (exact) mass is 348 g/mol. The number of carbonyl (C=O) groups is 1. The first-order valence-electron chi connectivity index (χ1n) is 5.13. The number of halogens is 2. The van der Waals surface area contributed by atoms with E-state index in [-0.39, 0.29) is 6.03 Å². The van der Waals surface area contributed by atoms with Crippen molar-refractivity contribution in [2.75, 3.05) is 11.9 Å². The zero-order valence-electron chi connectivity index (χ0n) is 9.02. The van der Waals surface area contributed by atoms with E-state index in [4.69, 9.17) is 0 Å². The molecule has 2 amide bonds. The Balaban J connectivity index is 2.49. The van der Waals surface area contributed by atoms with E-state index in [0.29, 0.717) is 6.54 Å². The van der Waals surface area contributed by atoms with E-state index in [1.807, 2.05) is 18.2 Å². The maximum Gasteiger partial charge on any atom is 0.319 e. The molecule has 0 atom stereocenters. The number of carbonyl (C=O) groups excluding carboxylic acids is 1. The zero-order valence-corrected chi connectivity index (χ0v) is 12.2. The molecule has 0 unspecified atom stereocenters. The molecule has 1 aromatic rings. The van der Waals surface area contributed by atoms with E-state index in [1.54, 1.807) is 0 Å². The molecule has 2 N–H and O–H groups in total. The minimum absolute atomic E-state index is 0.170. The lowest BCUT2D eigenvalue weighted by molar-refractivity contribution is 0.252. The summed E-state index contributed by atoms with van der Waals surface area (Å²) < 4.78 is 1.82. The van der Waals surface area contributed by atoms with Crippen LogP contribution in [0.1, 0.15) is 19.8 Å². The summed E-state index contributed by atoms with van der Waals surface area (Å²) in [6.45, 7) is 2.79. The second-order valence-corrected chi connectivity index (χ2v) is 5.13. The topological polar surface area (TPSA) is 41.1 Å². The molecule has 3 nitrogen and oxygen atoms in total.